The van der Waals surface area contributed by atoms with E-state index in [2.05, 4.69) is 0 Å². The van der Waals surface area contributed by atoms with Crippen LogP contribution in [-0.4, -0.2) is 12.2 Å². The molecule has 0 aliphatic rings. The van der Waals surface area contributed by atoms with Crippen LogP contribution in [0.3, 0.4) is 0 Å². The second-order valence-corrected chi connectivity index (χ2v) is 1.98. The van der Waals surface area contributed by atoms with Gasteiger partial charge in [0, 0.05) is 0 Å². The van der Waals surface area contributed by atoms with Crippen molar-refractivity contribution in [2.45, 2.75) is 0 Å². The van der Waals surface area contributed by atoms with Crippen LogP contribution in [0.4, 0.5) is 5.69 Å². The highest BCUT2D eigenvalue weighted by Crippen LogP contribution is 2.21. The summed E-state index contributed by atoms with van der Waals surface area (Å²) in [5.41, 5.74) is 5.54. The zero-order valence-electron chi connectivity index (χ0n) is 5.94. The summed E-state index contributed by atoms with van der Waals surface area (Å²) in [6.45, 7) is 0. The molecule has 0 aromatic carbocycles. The third-order valence-electron chi connectivity index (χ3n) is 1.25. The molecule has 0 bridgehead atoms. The van der Waals surface area contributed by atoms with Gasteiger partial charge in [0.15, 0.2) is 5.75 Å². The Hall–Kier alpha value is -1.65. The lowest BCUT2D eigenvalue weighted by Crippen LogP contribution is -2.26. The molecule has 1 aromatic rings. The highest BCUT2D eigenvalue weighted by Gasteiger charge is 2.08. The number of ether oxygens (including phenoxy) is 1. The summed E-state index contributed by atoms with van der Waals surface area (Å²) in [6.07, 6.45) is 1.04. The number of rotatable bonds is 1. The lowest BCUT2D eigenvalue weighted by atomic mass is 10.4. The number of aromatic nitrogens is 1. The highest BCUT2D eigenvalue weighted by atomic mass is 16.5. The predicted molar refractivity (Wildman–Crippen MR) is 38.0 cm³/mol. The van der Waals surface area contributed by atoms with Crippen LogP contribution in [-0.2, 0) is 0 Å². The highest BCUT2D eigenvalue weighted by molar-refractivity contribution is 5.49. The Morgan fingerprint density at radius 3 is 2.91 bits per heavy atom. The molecule has 5 nitrogen and oxygen atoms in total. The summed E-state index contributed by atoms with van der Waals surface area (Å²) >= 11 is 0. The molecule has 0 aliphatic carbocycles. The maximum absolute atomic E-state index is 10.6. The van der Waals surface area contributed by atoms with E-state index < -0.39 is 5.88 Å². The Labute approximate surface area is 63.2 Å². The molecule has 0 atom stereocenters. The van der Waals surface area contributed by atoms with Crippen molar-refractivity contribution in [1.82, 2.24) is 0 Å². The fourth-order valence-electron chi connectivity index (χ4n) is 0.697. The van der Waals surface area contributed by atoms with Crippen LogP contribution in [0.5, 0.6) is 11.6 Å². The minimum absolute atomic E-state index is 0.195. The van der Waals surface area contributed by atoms with E-state index in [1.165, 1.54) is 7.11 Å². The molecule has 3 N–H and O–H groups in total. The average molecular weight is 156 g/mol. The molecule has 1 rings (SSSR count). The Morgan fingerprint density at radius 1 is 1.73 bits per heavy atom. The van der Waals surface area contributed by atoms with Crippen molar-refractivity contribution in [3.63, 3.8) is 0 Å². The van der Waals surface area contributed by atoms with E-state index in [0.29, 0.717) is 0 Å². The van der Waals surface area contributed by atoms with E-state index in [1.807, 2.05) is 0 Å². The summed E-state index contributed by atoms with van der Waals surface area (Å²) in [4.78, 5) is 0. The Balaban J connectivity index is 3.21. The van der Waals surface area contributed by atoms with Gasteiger partial charge >= 0.3 is 5.88 Å². The van der Waals surface area contributed by atoms with Gasteiger partial charge < -0.3 is 20.8 Å². The van der Waals surface area contributed by atoms with Gasteiger partial charge in [0.1, 0.15) is 5.69 Å². The van der Waals surface area contributed by atoms with Crippen molar-refractivity contribution in [2.75, 3.05) is 12.8 Å². The smallest absolute Gasteiger partial charge is 0.380 e. The maximum Gasteiger partial charge on any atom is 0.380 e. The first kappa shape index (κ1) is 7.46. The maximum atomic E-state index is 10.6. The molecule has 0 fully saturated rings. The van der Waals surface area contributed by atoms with Crippen molar-refractivity contribution < 1.29 is 14.6 Å². The van der Waals surface area contributed by atoms with E-state index >= 15 is 0 Å². The van der Waals surface area contributed by atoms with Crippen LogP contribution in [0.2, 0.25) is 0 Å². The number of nitrogen functional groups attached to an aromatic ring is 1. The van der Waals surface area contributed by atoms with Gasteiger partial charge in [-0.15, -0.1) is 4.73 Å². The molecular formula is C6H8N2O3. The van der Waals surface area contributed by atoms with Gasteiger partial charge in [-0.05, 0) is 0 Å². The zero-order chi connectivity index (χ0) is 8.43. The zero-order valence-corrected chi connectivity index (χ0v) is 5.94. The monoisotopic (exact) mass is 156 g/mol. The van der Waals surface area contributed by atoms with Gasteiger partial charge in [-0.25, -0.2) is 0 Å². The number of hydrogen-bond acceptors (Lipinski definition) is 4. The molecule has 0 spiro atoms. The lowest BCUT2D eigenvalue weighted by molar-refractivity contribution is -0.612. The minimum Gasteiger partial charge on any atom is -0.616 e. The van der Waals surface area contributed by atoms with Gasteiger partial charge in [-0.3, -0.25) is 0 Å². The number of anilines is 1. The molecule has 0 radical (unpaired) electrons. The quantitative estimate of drug-likeness (QED) is 0.428. The number of aromatic hydroxyl groups is 1. The van der Waals surface area contributed by atoms with Gasteiger partial charge in [0.25, 0.3) is 0 Å². The summed E-state index contributed by atoms with van der Waals surface area (Å²) in [6, 6.07) is 1.16. The lowest BCUT2D eigenvalue weighted by Gasteiger charge is -2.03. The van der Waals surface area contributed by atoms with E-state index in [1.54, 1.807) is 0 Å². The first-order chi connectivity index (χ1) is 5.15. The third-order valence-corrected chi connectivity index (χ3v) is 1.25. The molecule has 0 saturated carbocycles. The van der Waals surface area contributed by atoms with Crippen LogP contribution >= 0.6 is 0 Å². The first-order valence-electron chi connectivity index (χ1n) is 2.91. The summed E-state index contributed by atoms with van der Waals surface area (Å²) in [5, 5.41) is 19.5. The molecule has 0 unspecified atom stereocenters. The second kappa shape index (κ2) is 2.53. The minimum atomic E-state index is -0.434. The van der Waals surface area contributed by atoms with Gasteiger partial charge in [0.2, 0.25) is 6.20 Å². The van der Waals surface area contributed by atoms with Crippen LogP contribution in [0.25, 0.3) is 0 Å². The third kappa shape index (κ3) is 1.26. The molecule has 60 valence electrons. The van der Waals surface area contributed by atoms with Gasteiger partial charge in [0.05, 0.1) is 13.2 Å². The van der Waals surface area contributed by atoms with Gasteiger partial charge in [-0.2, -0.15) is 0 Å². The summed E-state index contributed by atoms with van der Waals surface area (Å²) in [7, 11) is 1.40. The molecule has 1 aromatic heterocycles. The Bertz CT molecular complexity index is 275. The van der Waals surface area contributed by atoms with Crippen molar-refractivity contribution in [1.29, 1.82) is 0 Å². The van der Waals surface area contributed by atoms with E-state index in [9.17, 15) is 5.21 Å². The number of pyridine rings is 1. The molecule has 0 amide bonds. The predicted octanol–water partition coefficient (Wildman–Crippen LogP) is -0.384. The standard InChI is InChI=1S/C6H8N2O3/c1-11-5-2-6(9)8(10)3-4(5)7/h2-3,9H,7H2,1H3. The number of methoxy groups -OCH3 is 1. The van der Waals surface area contributed by atoms with Gasteiger partial charge in [-0.1, -0.05) is 0 Å². The Kier molecular flexibility index (Phi) is 1.72. The molecule has 11 heavy (non-hydrogen) atoms. The normalized spacial score (nSPS) is 9.55. The van der Waals surface area contributed by atoms with Crippen molar-refractivity contribution in [2.24, 2.45) is 0 Å². The topological polar surface area (TPSA) is 82.4 Å². The molecule has 5 heteroatoms. The molecule has 0 aliphatic heterocycles. The number of hydrogen-bond donors (Lipinski definition) is 2. The number of nitrogens with two attached hydrogens (primary N) is 1. The largest absolute Gasteiger partial charge is 0.616 e. The second-order valence-electron chi connectivity index (χ2n) is 1.98. The van der Waals surface area contributed by atoms with Crippen LogP contribution in [0, 0.1) is 5.21 Å². The average Bonchev–Trinajstić information content (AvgIpc) is 1.97. The van der Waals surface area contributed by atoms with Crippen LogP contribution in [0.15, 0.2) is 12.3 Å². The van der Waals surface area contributed by atoms with Crippen LogP contribution in [0.1, 0.15) is 0 Å². The van der Waals surface area contributed by atoms with E-state index in [4.69, 9.17) is 15.6 Å². The molecular weight excluding hydrogens is 148 g/mol. The van der Waals surface area contributed by atoms with E-state index in [-0.39, 0.29) is 16.2 Å². The SMILES string of the molecule is COc1cc(O)[n+]([O-])cc1N. The van der Waals surface area contributed by atoms with Crippen molar-refractivity contribution in [3.05, 3.63) is 17.5 Å². The van der Waals surface area contributed by atoms with Crippen LogP contribution < -0.4 is 15.2 Å². The molecule has 0 saturated heterocycles. The van der Waals surface area contributed by atoms with Crippen molar-refractivity contribution in [3.8, 4) is 11.6 Å². The van der Waals surface area contributed by atoms with E-state index in [0.717, 1.165) is 12.3 Å². The summed E-state index contributed by atoms with van der Waals surface area (Å²) in [5.74, 6) is -0.148. The number of nitrogens with zero attached hydrogens (tertiary/aromatic N) is 1. The first-order valence-corrected chi connectivity index (χ1v) is 2.91. The summed E-state index contributed by atoms with van der Waals surface area (Å²) < 4.78 is 5.01. The molecule has 1 heterocycles. The Morgan fingerprint density at radius 2 is 2.36 bits per heavy atom. The fraction of sp³-hybridized carbons (Fsp3) is 0.167. The fourth-order valence-corrected chi connectivity index (χ4v) is 0.697. The van der Waals surface area contributed by atoms with Crippen molar-refractivity contribution >= 4 is 5.69 Å².